The highest BCUT2D eigenvalue weighted by Crippen LogP contribution is 2.40. The summed E-state index contributed by atoms with van der Waals surface area (Å²) in [6, 6.07) is 22.5. The zero-order chi connectivity index (χ0) is 20.4. The predicted octanol–water partition coefficient (Wildman–Crippen LogP) is 6.13. The van der Waals surface area contributed by atoms with Crippen LogP contribution in [0.3, 0.4) is 0 Å². The second kappa shape index (κ2) is 8.31. The van der Waals surface area contributed by atoms with E-state index in [0.29, 0.717) is 16.8 Å². The molecule has 144 valence electrons. The van der Waals surface area contributed by atoms with Crippen molar-refractivity contribution in [3.05, 3.63) is 101 Å². The maximum atomic E-state index is 13.4. The Kier molecular flexibility index (Phi) is 5.60. The summed E-state index contributed by atoms with van der Waals surface area (Å²) in [7, 11) is 0. The fraction of sp³-hybridized carbons (Fsp3) is 0.0833. The lowest BCUT2D eigenvalue weighted by Crippen LogP contribution is -2.06. The molecule has 0 saturated carbocycles. The third-order valence-corrected chi connectivity index (χ3v) is 6.64. The summed E-state index contributed by atoms with van der Waals surface area (Å²) >= 11 is 2.69. The van der Waals surface area contributed by atoms with Crippen molar-refractivity contribution in [1.29, 1.82) is 0 Å². The molecular weight excluding hydrogens is 398 g/mol. The largest absolute Gasteiger partial charge is 0.311 e. The summed E-state index contributed by atoms with van der Waals surface area (Å²) in [5, 5.41) is -0.0337. The molecule has 2 aromatic heterocycles. The van der Waals surface area contributed by atoms with Crippen molar-refractivity contribution in [3.8, 4) is 0 Å². The molecule has 0 amide bonds. The minimum atomic E-state index is -0.0483. The molecule has 0 aliphatic rings. The van der Waals surface area contributed by atoms with E-state index in [1.165, 1.54) is 23.5 Å². The summed E-state index contributed by atoms with van der Waals surface area (Å²) in [6.45, 7) is 2.01. The lowest BCUT2D eigenvalue weighted by Gasteiger charge is -2.05. The topological polar surface area (TPSA) is 38.5 Å². The van der Waals surface area contributed by atoms with Crippen LogP contribution in [0.15, 0.2) is 88.8 Å². The smallest absolute Gasteiger partial charge is 0.224 e. The highest BCUT2D eigenvalue weighted by atomic mass is 32.2. The Morgan fingerprint density at radius 1 is 0.828 bits per heavy atom. The van der Waals surface area contributed by atoms with E-state index in [2.05, 4.69) is 0 Å². The van der Waals surface area contributed by atoms with Crippen LogP contribution in [0.25, 0.3) is 5.52 Å². The maximum absolute atomic E-state index is 13.4. The van der Waals surface area contributed by atoms with Crippen LogP contribution in [-0.2, 0) is 0 Å². The third kappa shape index (κ3) is 3.76. The lowest BCUT2D eigenvalue weighted by atomic mass is 10.1. The van der Waals surface area contributed by atoms with Gasteiger partial charge in [-0.15, -0.1) is 11.8 Å². The molecule has 29 heavy (non-hydrogen) atoms. The van der Waals surface area contributed by atoms with E-state index in [-0.39, 0.29) is 10.9 Å². The summed E-state index contributed by atoms with van der Waals surface area (Å²) in [5.74, 6) is -0.0483. The van der Waals surface area contributed by atoms with Crippen molar-refractivity contribution in [1.82, 2.24) is 4.40 Å². The average molecular weight is 418 g/mol. The van der Waals surface area contributed by atoms with Gasteiger partial charge in [0, 0.05) is 17.3 Å². The van der Waals surface area contributed by atoms with Gasteiger partial charge in [-0.1, -0.05) is 60.7 Å². The number of pyridine rings is 1. The molecule has 0 atom stereocenters. The van der Waals surface area contributed by atoms with Gasteiger partial charge in [0.2, 0.25) is 10.9 Å². The Hall–Kier alpha value is -2.76. The molecule has 0 spiro atoms. The number of nitrogens with zero attached hydrogens (tertiary/aromatic N) is 1. The van der Waals surface area contributed by atoms with Gasteiger partial charge in [0.25, 0.3) is 0 Å². The first-order valence-electron chi connectivity index (χ1n) is 9.16. The fourth-order valence-electron chi connectivity index (χ4n) is 3.26. The van der Waals surface area contributed by atoms with E-state index < -0.39 is 0 Å². The number of benzene rings is 2. The van der Waals surface area contributed by atoms with Gasteiger partial charge in [-0.2, -0.15) is 0 Å². The van der Waals surface area contributed by atoms with E-state index in [1.807, 2.05) is 96.6 Å². The Bertz CT molecular complexity index is 1200. The SMILES string of the molecule is CSc1c(SC(=O)c2ccccc2)c2cc(C)ccn2c1C(=O)c1ccccc1. The number of aromatic nitrogens is 1. The summed E-state index contributed by atoms with van der Waals surface area (Å²) in [5.41, 5.74) is 3.83. The first-order valence-corrected chi connectivity index (χ1v) is 11.2. The molecular formula is C24H19NO2S2. The molecule has 2 aromatic carbocycles. The number of ketones is 1. The molecule has 0 bridgehead atoms. The summed E-state index contributed by atoms with van der Waals surface area (Å²) in [4.78, 5) is 27.9. The Balaban J connectivity index is 1.89. The van der Waals surface area contributed by atoms with Crippen LogP contribution in [0.4, 0.5) is 0 Å². The molecule has 0 unspecified atom stereocenters. The standard InChI is InChI=1S/C24H19NO2S2/c1-16-13-14-25-19(15-16)22(29-24(27)18-11-7-4-8-12-18)23(28-2)20(25)21(26)17-9-5-3-6-10-17/h3-15H,1-2H3. The highest BCUT2D eigenvalue weighted by Gasteiger charge is 2.26. The molecule has 4 aromatic rings. The Morgan fingerprint density at radius 2 is 1.45 bits per heavy atom. The van der Waals surface area contributed by atoms with E-state index in [1.54, 1.807) is 0 Å². The van der Waals surface area contributed by atoms with Gasteiger partial charge < -0.3 is 4.40 Å². The number of carbonyl (C=O) groups is 2. The summed E-state index contributed by atoms with van der Waals surface area (Å²) < 4.78 is 1.91. The van der Waals surface area contributed by atoms with Crippen LogP contribution in [0.1, 0.15) is 32.0 Å². The number of carbonyl (C=O) groups excluding carboxylic acids is 2. The normalized spacial score (nSPS) is 11.0. The van der Waals surface area contributed by atoms with Crippen LogP contribution in [-0.4, -0.2) is 21.6 Å². The van der Waals surface area contributed by atoms with Crippen molar-refractivity contribution in [2.75, 3.05) is 6.26 Å². The van der Waals surface area contributed by atoms with Gasteiger partial charge >= 0.3 is 0 Å². The molecule has 0 N–H and O–H groups in total. The minimum Gasteiger partial charge on any atom is -0.311 e. The first kappa shape index (κ1) is 19.6. The predicted molar refractivity (Wildman–Crippen MR) is 120 cm³/mol. The minimum absolute atomic E-state index is 0.0337. The number of rotatable bonds is 5. The van der Waals surface area contributed by atoms with Gasteiger partial charge in [-0.05, 0) is 42.6 Å². The number of thioether (sulfide) groups is 2. The average Bonchev–Trinajstić information content (AvgIpc) is 3.06. The second-order valence-electron chi connectivity index (χ2n) is 6.62. The number of fused-ring (bicyclic) bond motifs is 1. The maximum Gasteiger partial charge on any atom is 0.224 e. The third-order valence-electron chi connectivity index (χ3n) is 4.66. The summed E-state index contributed by atoms with van der Waals surface area (Å²) in [6.07, 6.45) is 3.86. The van der Waals surface area contributed by atoms with Crippen LogP contribution in [0.2, 0.25) is 0 Å². The van der Waals surface area contributed by atoms with Gasteiger partial charge in [-0.25, -0.2) is 0 Å². The quantitative estimate of drug-likeness (QED) is 0.289. The molecule has 0 saturated heterocycles. The van der Waals surface area contributed by atoms with Crippen LogP contribution in [0, 0.1) is 6.92 Å². The van der Waals surface area contributed by atoms with Gasteiger partial charge in [0.1, 0.15) is 5.69 Å². The number of aryl methyl sites for hydroxylation is 1. The van der Waals surface area contributed by atoms with Crippen LogP contribution < -0.4 is 0 Å². The van der Waals surface area contributed by atoms with E-state index in [0.717, 1.165) is 20.9 Å². The Morgan fingerprint density at radius 3 is 2.07 bits per heavy atom. The molecule has 3 nitrogen and oxygen atoms in total. The van der Waals surface area contributed by atoms with E-state index in [4.69, 9.17) is 0 Å². The van der Waals surface area contributed by atoms with Crippen molar-refractivity contribution < 1.29 is 9.59 Å². The molecule has 4 rings (SSSR count). The molecule has 0 fully saturated rings. The highest BCUT2D eigenvalue weighted by molar-refractivity contribution is 8.14. The van der Waals surface area contributed by atoms with Crippen molar-refractivity contribution in [2.24, 2.45) is 0 Å². The van der Waals surface area contributed by atoms with Crippen molar-refractivity contribution in [3.63, 3.8) is 0 Å². The molecule has 5 heteroatoms. The zero-order valence-electron chi connectivity index (χ0n) is 16.1. The zero-order valence-corrected chi connectivity index (χ0v) is 17.7. The van der Waals surface area contributed by atoms with Crippen molar-refractivity contribution in [2.45, 2.75) is 16.7 Å². The second-order valence-corrected chi connectivity index (χ2v) is 8.42. The molecule has 0 radical (unpaired) electrons. The van der Waals surface area contributed by atoms with Gasteiger partial charge in [0.05, 0.1) is 15.3 Å². The Labute approximate surface area is 178 Å². The number of hydrogen-bond donors (Lipinski definition) is 0. The van der Waals surface area contributed by atoms with E-state index in [9.17, 15) is 9.59 Å². The van der Waals surface area contributed by atoms with Gasteiger partial charge in [0.15, 0.2) is 0 Å². The van der Waals surface area contributed by atoms with Crippen LogP contribution >= 0.6 is 23.5 Å². The van der Waals surface area contributed by atoms with Gasteiger partial charge in [-0.3, -0.25) is 9.59 Å². The van der Waals surface area contributed by atoms with E-state index >= 15 is 0 Å². The fourth-order valence-corrected chi connectivity index (χ4v) is 5.20. The van der Waals surface area contributed by atoms with Crippen LogP contribution in [0.5, 0.6) is 0 Å². The van der Waals surface area contributed by atoms with Crippen molar-refractivity contribution >= 4 is 39.9 Å². The monoisotopic (exact) mass is 417 g/mol. The first-order chi connectivity index (χ1) is 14.1. The molecule has 0 aliphatic heterocycles. The molecule has 0 aliphatic carbocycles. The number of hydrogen-bond acceptors (Lipinski definition) is 4. The molecule has 2 heterocycles. The lowest BCUT2D eigenvalue weighted by molar-refractivity contribution is 0.102.